The van der Waals surface area contributed by atoms with E-state index in [0.717, 1.165) is 5.56 Å². The van der Waals surface area contributed by atoms with E-state index >= 15 is 0 Å². The molecule has 4 unspecified atom stereocenters. The predicted octanol–water partition coefficient (Wildman–Crippen LogP) is 5.86. The number of benzene rings is 2. The summed E-state index contributed by atoms with van der Waals surface area (Å²) in [5.41, 5.74) is 1.75. The Morgan fingerprint density at radius 3 is 2.54 bits per heavy atom. The minimum absolute atomic E-state index is 0.0892. The van der Waals surface area contributed by atoms with E-state index in [-0.39, 0.29) is 22.2 Å². The van der Waals surface area contributed by atoms with Crippen molar-refractivity contribution in [2.45, 2.75) is 29.2 Å². The number of nitrogens with one attached hydrogen (secondary N) is 1. The molecule has 0 saturated heterocycles. The monoisotopic (exact) mass is 574 g/mol. The molecule has 0 bridgehead atoms. The number of nitrogens with zero attached hydrogens (tertiary/aromatic N) is 1. The van der Waals surface area contributed by atoms with Crippen molar-refractivity contribution in [1.29, 1.82) is 0 Å². The van der Waals surface area contributed by atoms with E-state index < -0.39 is 35.1 Å². The topological polar surface area (TPSA) is 84.4 Å². The van der Waals surface area contributed by atoms with Crippen molar-refractivity contribution >= 4 is 45.0 Å². The Hall–Kier alpha value is -2.21. The zero-order valence-corrected chi connectivity index (χ0v) is 21.8. The van der Waals surface area contributed by atoms with Gasteiger partial charge in [0.1, 0.15) is 11.3 Å². The van der Waals surface area contributed by atoms with Crippen LogP contribution in [0.25, 0.3) is 11.0 Å². The van der Waals surface area contributed by atoms with Gasteiger partial charge in [0.25, 0.3) is 0 Å². The van der Waals surface area contributed by atoms with Crippen LogP contribution in [0.5, 0.6) is 0 Å². The Balaban J connectivity index is 1.67. The van der Waals surface area contributed by atoms with Crippen LogP contribution >= 0.6 is 23.2 Å². The third-order valence-electron chi connectivity index (χ3n) is 5.94. The predicted molar refractivity (Wildman–Crippen MR) is 137 cm³/mol. The number of alkyl halides is 3. The van der Waals surface area contributed by atoms with Gasteiger partial charge >= 0.3 is 6.36 Å². The maximum absolute atomic E-state index is 13.0. The van der Waals surface area contributed by atoms with E-state index in [1.165, 1.54) is 18.2 Å². The Bertz CT molecular complexity index is 1340. The summed E-state index contributed by atoms with van der Waals surface area (Å²) in [5.74, 6) is -0.698. The number of aliphatic hydroxyl groups is 1. The molecule has 0 aliphatic heterocycles. The van der Waals surface area contributed by atoms with E-state index in [1.807, 2.05) is 0 Å². The van der Waals surface area contributed by atoms with Crippen molar-refractivity contribution in [3.63, 3.8) is 0 Å². The molecule has 0 radical (unpaired) electrons. The molecule has 0 saturated carbocycles. The van der Waals surface area contributed by atoms with Crippen molar-refractivity contribution in [1.82, 2.24) is 9.97 Å². The first-order valence-electron chi connectivity index (χ1n) is 11.2. The lowest BCUT2D eigenvalue weighted by Gasteiger charge is -2.27. The van der Waals surface area contributed by atoms with Gasteiger partial charge in [-0.3, -0.25) is 8.95 Å². The molecule has 12 heteroatoms. The van der Waals surface area contributed by atoms with Crippen molar-refractivity contribution in [3.8, 4) is 0 Å². The molecule has 198 valence electrons. The number of allylic oxidation sites excluding steroid dienone is 2. The molecule has 37 heavy (non-hydrogen) atoms. The highest BCUT2D eigenvalue weighted by molar-refractivity contribution is 7.85. The fourth-order valence-electron chi connectivity index (χ4n) is 4.18. The first-order valence-corrected chi connectivity index (χ1v) is 13.3. The van der Waals surface area contributed by atoms with Gasteiger partial charge in [-0.2, -0.15) is 0 Å². The first kappa shape index (κ1) is 27.8. The van der Waals surface area contributed by atoms with Crippen LogP contribution < -0.4 is 0 Å². The minimum Gasteiger partial charge on any atom is -0.395 e. The molecular formula is C25H23Cl2F3N2O4S. The lowest BCUT2D eigenvalue weighted by molar-refractivity contribution is -0.337. The molecule has 4 rings (SSSR count). The maximum atomic E-state index is 13.0. The van der Waals surface area contributed by atoms with Crippen LogP contribution in [-0.2, 0) is 20.3 Å². The van der Waals surface area contributed by atoms with Gasteiger partial charge in [0, 0.05) is 28.5 Å². The number of aromatic nitrogens is 2. The van der Waals surface area contributed by atoms with Crippen LogP contribution in [0, 0.1) is 0 Å². The smallest absolute Gasteiger partial charge is 0.395 e. The average Bonchev–Trinajstić information content (AvgIpc) is 3.27. The van der Waals surface area contributed by atoms with E-state index in [2.05, 4.69) is 14.7 Å². The van der Waals surface area contributed by atoms with Gasteiger partial charge < -0.3 is 14.8 Å². The number of imidazole rings is 1. The minimum atomic E-state index is -4.85. The highest BCUT2D eigenvalue weighted by atomic mass is 35.5. The molecule has 1 aliphatic carbocycles. The Morgan fingerprint density at radius 2 is 1.89 bits per heavy atom. The Kier molecular flexibility index (Phi) is 8.77. The lowest BCUT2D eigenvalue weighted by atomic mass is 9.89. The van der Waals surface area contributed by atoms with Crippen LogP contribution in [0.2, 0.25) is 10.0 Å². The molecule has 0 fully saturated rings. The van der Waals surface area contributed by atoms with Gasteiger partial charge in [0.15, 0.2) is 0 Å². The van der Waals surface area contributed by atoms with E-state index in [4.69, 9.17) is 27.9 Å². The van der Waals surface area contributed by atoms with Crippen molar-refractivity contribution in [2.75, 3.05) is 26.1 Å². The molecule has 1 heterocycles. The molecule has 1 aliphatic rings. The second kappa shape index (κ2) is 11.7. The fourth-order valence-corrected chi connectivity index (χ4v) is 5.92. The van der Waals surface area contributed by atoms with E-state index in [0.29, 0.717) is 34.1 Å². The number of aliphatic hydroxyl groups excluding tert-OH is 1. The molecule has 4 atom stereocenters. The van der Waals surface area contributed by atoms with E-state index in [1.54, 1.807) is 43.5 Å². The van der Waals surface area contributed by atoms with Crippen molar-refractivity contribution in [3.05, 3.63) is 81.6 Å². The Morgan fingerprint density at radius 1 is 1.19 bits per heavy atom. The molecular weight excluding hydrogens is 552 g/mol. The van der Waals surface area contributed by atoms with Gasteiger partial charge in [0.05, 0.1) is 52.3 Å². The van der Waals surface area contributed by atoms with Crippen molar-refractivity contribution in [2.24, 2.45) is 0 Å². The number of ether oxygens (including phenoxy) is 2. The maximum Gasteiger partial charge on any atom is 0.523 e. The molecule has 3 aromatic rings. The van der Waals surface area contributed by atoms with Gasteiger partial charge in [-0.1, -0.05) is 59.6 Å². The van der Waals surface area contributed by atoms with Crippen LogP contribution in [-0.4, -0.2) is 57.8 Å². The zero-order valence-electron chi connectivity index (χ0n) is 19.5. The summed E-state index contributed by atoms with van der Waals surface area (Å²) in [6, 6.07) is 8.50. The number of rotatable bonds is 9. The quantitative estimate of drug-likeness (QED) is 0.334. The number of fused-ring (bicyclic) bond motifs is 1. The standard InChI is InChI=1S/C25H23Cl2F3N2O4S/c1-35-10-11-37(34)15-8-6-14(7-9-15)17(13-33)24-31-19-12-18(26)21(22(27)23(19)32-24)16-4-2-3-5-20(16)36-25(28,29)30/h2-9,12,16-17,20,33H,10-11,13H2,1H3,(H,31,32). The SMILES string of the molecule is COCCS(=O)c1ccc(C(CO)c2nc3c(Cl)c(C4C=CC=CC4OC(F)(F)F)c(Cl)cc3[nH]2)cc1. The van der Waals surface area contributed by atoms with E-state index in [9.17, 15) is 22.5 Å². The van der Waals surface area contributed by atoms with Gasteiger partial charge in [-0.05, 0) is 23.8 Å². The molecule has 6 nitrogen and oxygen atoms in total. The number of hydrogen-bond acceptors (Lipinski definition) is 5. The summed E-state index contributed by atoms with van der Waals surface area (Å²) >= 11 is 13.1. The Labute approximate surface area is 223 Å². The zero-order chi connectivity index (χ0) is 26.7. The highest BCUT2D eigenvalue weighted by Gasteiger charge is 2.38. The highest BCUT2D eigenvalue weighted by Crippen LogP contribution is 2.42. The third kappa shape index (κ3) is 6.27. The van der Waals surface area contributed by atoms with Crippen LogP contribution in [0.4, 0.5) is 13.2 Å². The summed E-state index contributed by atoms with van der Waals surface area (Å²) in [7, 11) is 0.323. The second-order valence-electron chi connectivity index (χ2n) is 8.27. The first-order chi connectivity index (χ1) is 17.6. The number of H-pyrrole nitrogens is 1. The number of aromatic amines is 1. The van der Waals surface area contributed by atoms with Crippen molar-refractivity contribution < 1.29 is 32.0 Å². The van der Waals surface area contributed by atoms with Crippen LogP contribution in [0.15, 0.2) is 59.5 Å². The van der Waals surface area contributed by atoms with Crippen LogP contribution in [0.3, 0.4) is 0 Å². The summed E-state index contributed by atoms with van der Waals surface area (Å²) in [5, 5.41) is 10.4. The number of methoxy groups -OCH3 is 1. The molecule has 1 aromatic heterocycles. The largest absolute Gasteiger partial charge is 0.523 e. The summed E-state index contributed by atoms with van der Waals surface area (Å²) in [4.78, 5) is 8.31. The average molecular weight is 575 g/mol. The van der Waals surface area contributed by atoms with Gasteiger partial charge in [-0.25, -0.2) is 4.98 Å². The van der Waals surface area contributed by atoms with Gasteiger partial charge in [-0.15, -0.1) is 13.2 Å². The molecule has 0 spiro atoms. The lowest BCUT2D eigenvalue weighted by Crippen LogP contribution is -2.28. The fraction of sp³-hybridized carbons (Fsp3) is 0.320. The van der Waals surface area contributed by atoms with Crippen LogP contribution in [0.1, 0.15) is 28.8 Å². The number of halogens is 5. The second-order valence-corrected chi connectivity index (χ2v) is 10.6. The summed E-state index contributed by atoms with van der Waals surface area (Å²) in [6.07, 6.45) is -0.308. The summed E-state index contributed by atoms with van der Waals surface area (Å²) in [6.45, 7) is 0.0791. The van der Waals surface area contributed by atoms with Gasteiger partial charge in [0.2, 0.25) is 0 Å². The molecule has 2 N–H and O–H groups in total. The normalized spacial score (nSPS) is 19.4. The third-order valence-corrected chi connectivity index (χ3v) is 7.97. The summed E-state index contributed by atoms with van der Waals surface area (Å²) < 4.78 is 60.6. The molecule has 2 aromatic carbocycles. The number of hydrogen-bond donors (Lipinski definition) is 2. The molecule has 0 amide bonds.